The zero-order chi connectivity index (χ0) is 16.7. The second kappa shape index (κ2) is 8.34. The summed E-state index contributed by atoms with van der Waals surface area (Å²) in [6.45, 7) is 5.41. The maximum atomic E-state index is 12.3. The summed E-state index contributed by atoms with van der Waals surface area (Å²) in [5.74, 6) is 0.571. The van der Waals surface area contributed by atoms with Gasteiger partial charge in [-0.2, -0.15) is 0 Å². The van der Waals surface area contributed by atoms with E-state index in [4.69, 9.17) is 4.74 Å². The Labute approximate surface area is 137 Å². The minimum absolute atomic E-state index is 0.0101. The number of rotatable bonds is 7. The fraction of sp³-hybridized carbons (Fsp3) is 0.316. The molecule has 4 heteroatoms. The topological polar surface area (TPSA) is 49.8 Å². The van der Waals surface area contributed by atoms with Crippen molar-refractivity contribution in [3.63, 3.8) is 0 Å². The third kappa shape index (κ3) is 4.57. The van der Waals surface area contributed by atoms with Gasteiger partial charge in [0, 0.05) is 18.7 Å². The normalized spacial score (nSPS) is 11.8. The van der Waals surface area contributed by atoms with Crippen LogP contribution in [0.1, 0.15) is 35.9 Å². The van der Waals surface area contributed by atoms with Crippen LogP contribution in [0.3, 0.4) is 0 Å². The maximum Gasteiger partial charge on any atom is 0.253 e. The molecule has 122 valence electrons. The van der Waals surface area contributed by atoms with E-state index >= 15 is 0 Å². The molecule has 0 saturated carbocycles. The Morgan fingerprint density at radius 3 is 2.43 bits per heavy atom. The van der Waals surface area contributed by atoms with E-state index in [0.29, 0.717) is 24.4 Å². The number of carbonyl (C=O) groups is 1. The van der Waals surface area contributed by atoms with Crippen LogP contribution < -0.4 is 4.74 Å². The van der Waals surface area contributed by atoms with Crippen molar-refractivity contribution in [2.24, 2.45) is 0 Å². The standard InChI is InChI=1S/C19H23NO3/c1-3-20(4-2)19(22)16-11-8-12-17(13-16)23-14-18(21)15-9-6-5-7-10-15/h5-13,18,21H,3-4,14H2,1-2H3. The van der Waals surface area contributed by atoms with Crippen molar-refractivity contribution < 1.29 is 14.6 Å². The lowest BCUT2D eigenvalue weighted by atomic mass is 10.1. The maximum absolute atomic E-state index is 12.3. The molecule has 1 atom stereocenters. The summed E-state index contributed by atoms with van der Waals surface area (Å²) in [6, 6.07) is 16.4. The Morgan fingerprint density at radius 2 is 1.78 bits per heavy atom. The molecule has 0 fully saturated rings. The fourth-order valence-corrected chi connectivity index (χ4v) is 2.36. The highest BCUT2D eigenvalue weighted by atomic mass is 16.5. The van der Waals surface area contributed by atoms with Crippen LogP contribution >= 0.6 is 0 Å². The van der Waals surface area contributed by atoms with Crippen LogP contribution in [0, 0.1) is 0 Å². The molecular weight excluding hydrogens is 290 g/mol. The molecule has 23 heavy (non-hydrogen) atoms. The average Bonchev–Trinajstić information content (AvgIpc) is 2.61. The van der Waals surface area contributed by atoms with E-state index in [0.717, 1.165) is 5.56 Å². The van der Waals surface area contributed by atoms with Gasteiger partial charge in [-0.1, -0.05) is 36.4 Å². The summed E-state index contributed by atoms with van der Waals surface area (Å²) in [6.07, 6.45) is -0.696. The summed E-state index contributed by atoms with van der Waals surface area (Å²) in [5.41, 5.74) is 1.41. The number of aliphatic hydroxyl groups excluding tert-OH is 1. The minimum Gasteiger partial charge on any atom is -0.491 e. The van der Waals surface area contributed by atoms with Gasteiger partial charge in [0.1, 0.15) is 18.5 Å². The number of hydrogen-bond donors (Lipinski definition) is 1. The number of amides is 1. The van der Waals surface area contributed by atoms with Crippen molar-refractivity contribution in [3.8, 4) is 5.75 Å². The zero-order valence-electron chi connectivity index (χ0n) is 13.6. The van der Waals surface area contributed by atoms with Gasteiger partial charge in [-0.3, -0.25) is 4.79 Å². The highest BCUT2D eigenvalue weighted by Crippen LogP contribution is 2.18. The van der Waals surface area contributed by atoms with Gasteiger partial charge in [-0.05, 0) is 37.6 Å². The van der Waals surface area contributed by atoms with Gasteiger partial charge in [0.2, 0.25) is 0 Å². The molecular formula is C19H23NO3. The molecule has 0 bridgehead atoms. The molecule has 0 aliphatic heterocycles. The molecule has 0 heterocycles. The monoisotopic (exact) mass is 313 g/mol. The average molecular weight is 313 g/mol. The lowest BCUT2D eigenvalue weighted by Crippen LogP contribution is -2.30. The van der Waals surface area contributed by atoms with Crippen molar-refractivity contribution in [2.45, 2.75) is 20.0 Å². The first kappa shape index (κ1) is 17.0. The molecule has 2 aromatic rings. The third-order valence-corrected chi connectivity index (χ3v) is 3.72. The Kier molecular flexibility index (Phi) is 6.18. The summed E-state index contributed by atoms with van der Waals surface area (Å²) < 4.78 is 5.64. The van der Waals surface area contributed by atoms with E-state index in [9.17, 15) is 9.90 Å². The van der Waals surface area contributed by atoms with Crippen molar-refractivity contribution in [3.05, 3.63) is 65.7 Å². The zero-order valence-corrected chi connectivity index (χ0v) is 13.6. The molecule has 0 saturated heterocycles. The van der Waals surface area contributed by atoms with Gasteiger partial charge >= 0.3 is 0 Å². The first-order valence-corrected chi connectivity index (χ1v) is 7.90. The van der Waals surface area contributed by atoms with Crippen LogP contribution in [-0.4, -0.2) is 35.6 Å². The molecule has 1 unspecified atom stereocenters. The second-order valence-electron chi connectivity index (χ2n) is 5.24. The lowest BCUT2D eigenvalue weighted by Gasteiger charge is -2.19. The highest BCUT2D eigenvalue weighted by molar-refractivity contribution is 5.94. The number of ether oxygens (including phenoxy) is 1. The largest absolute Gasteiger partial charge is 0.491 e. The first-order valence-electron chi connectivity index (χ1n) is 7.90. The van der Waals surface area contributed by atoms with Crippen LogP contribution in [0.15, 0.2) is 54.6 Å². The number of aliphatic hydroxyl groups is 1. The SMILES string of the molecule is CCN(CC)C(=O)c1cccc(OCC(O)c2ccccc2)c1. The molecule has 1 amide bonds. The summed E-state index contributed by atoms with van der Waals surface area (Å²) >= 11 is 0. The van der Waals surface area contributed by atoms with E-state index < -0.39 is 6.10 Å². The van der Waals surface area contributed by atoms with E-state index in [-0.39, 0.29) is 12.5 Å². The van der Waals surface area contributed by atoms with E-state index in [1.54, 1.807) is 29.2 Å². The van der Waals surface area contributed by atoms with Crippen LogP contribution in [0.2, 0.25) is 0 Å². The Hall–Kier alpha value is -2.33. The minimum atomic E-state index is -0.696. The van der Waals surface area contributed by atoms with Crippen molar-refractivity contribution >= 4 is 5.91 Å². The molecule has 4 nitrogen and oxygen atoms in total. The molecule has 0 aliphatic rings. The third-order valence-electron chi connectivity index (χ3n) is 3.72. The number of benzene rings is 2. The number of hydrogen-bond acceptors (Lipinski definition) is 3. The van der Waals surface area contributed by atoms with Crippen LogP contribution in [0.4, 0.5) is 0 Å². The van der Waals surface area contributed by atoms with Crippen LogP contribution in [0.5, 0.6) is 5.75 Å². The van der Waals surface area contributed by atoms with Crippen LogP contribution in [-0.2, 0) is 0 Å². The lowest BCUT2D eigenvalue weighted by molar-refractivity contribution is 0.0772. The molecule has 1 N–H and O–H groups in total. The van der Waals surface area contributed by atoms with Gasteiger partial charge < -0.3 is 14.7 Å². The van der Waals surface area contributed by atoms with Gasteiger partial charge in [0.05, 0.1) is 0 Å². The Bertz CT molecular complexity index is 624. The van der Waals surface area contributed by atoms with E-state index in [2.05, 4.69) is 0 Å². The van der Waals surface area contributed by atoms with E-state index in [1.165, 1.54) is 0 Å². The quantitative estimate of drug-likeness (QED) is 0.853. The first-order chi connectivity index (χ1) is 11.2. The van der Waals surface area contributed by atoms with Crippen molar-refractivity contribution in [1.29, 1.82) is 0 Å². The second-order valence-corrected chi connectivity index (χ2v) is 5.24. The van der Waals surface area contributed by atoms with Crippen LogP contribution in [0.25, 0.3) is 0 Å². The predicted molar refractivity (Wildman–Crippen MR) is 90.6 cm³/mol. The Balaban J connectivity index is 2.01. The highest BCUT2D eigenvalue weighted by Gasteiger charge is 2.13. The van der Waals surface area contributed by atoms with Gasteiger partial charge in [0.25, 0.3) is 5.91 Å². The smallest absolute Gasteiger partial charge is 0.253 e. The van der Waals surface area contributed by atoms with Gasteiger partial charge in [-0.25, -0.2) is 0 Å². The molecule has 0 aliphatic carbocycles. The molecule has 2 aromatic carbocycles. The number of nitrogens with zero attached hydrogens (tertiary/aromatic N) is 1. The van der Waals surface area contributed by atoms with Gasteiger partial charge in [-0.15, -0.1) is 0 Å². The molecule has 0 spiro atoms. The fourth-order valence-electron chi connectivity index (χ4n) is 2.36. The van der Waals surface area contributed by atoms with Gasteiger partial charge in [0.15, 0.2) is 0 Å². The summed E-state index contributed by atoms with van der Waals surface area (Å²) in [7, 11) is 0. The molecule has 0 aromatic heterocycles. The summed E-state index contributed by atoms with van der Waals surface area (Å²) in [5, 5.41) is 10.1. The number of carbonyl (C=O) groups excluding carboxylic acids is 1. The summed E-state index contributed by atoms with van der Waals surface area (Å²) in [4.78, 5) is 14.1. The Morgan fingerprint density at radius 1 is 1.09 bits per heavy atom. The van der Waals surface area contributed by atoms with Crippen molar-refractivity contribution in [2.75, 3.05) is 19.7 Å². The molecule has 0 radical (unpaired) electrons. The van der Waals surface area contributed by atoms with E-state index in [1.807, 2.05) is 44.2 Å². The molecule has 2 rings (SSSR count). The predicted octanol–water partition coefficient (Wildman–Crippen LogP) is 3.28. The van der Waals surface area contributed by atoms with Crippen molar-refractivity contribution in [1.82, 2.24) is 4.90 Å².